The highest BCUT2D eigenvalue weighted by atomic mass is 79.9. The van der Waals surface area contributed by atoms with E-state index in [0.29, 0.717) is 17.9 Å². The fourth-order valence-corrected chi connectivity index (χ4v) is 3.59. The van der Waals surface area contributed by atoms with Gasteiger partial charge in [-0.05, 0) is 24.3 Å². The van der Waals surface area contributed by atoms with Crippen molar-refractivity contribution in [3.8, 4) is 0 Å². The Bertz CT molecular complexity index is 608. The van der Waals surface area contributed by atoms with Crippen LogP contribution in [0, 0.1) is 17.0 Å². The second kappa shape index (κ2) is 4.62. The smallest absolute Gasteiger partial charge is 0.299 e. The molecule has 1 heterocycles. The van der Waals surface area contributed by atoms with Gasteiger partial charge in [0.25, 0.3) is 11.7 Å². The average Bonchev–Trinajstić information content (AvgIpc) is 2.59. The second-order valence-electron chi connectivity index (χ2n) is 5.49. The molecule has 0 atom stereocenters. The van der Waals surface area contributed by atoms with E-state index in [9.17, 15) is 18.4 Å². The van der Waals surface area contributed by atoms with E-state index in [4.69, 9.17) is 0 Å². The van der Waals surface area contributed by atoms with Crippen molar-refractivity contribution in [2.45, 2.75) is 19.3 Å². The van der Waals surface area contributed by atoms with Gasteiger partial charge in [0.1, 0.15) is 5.82 Å². The topological polar surface area (TPSA) is 37.4 Å². The molecule has 1 aliphatic carbocycles. The maximum Gasteiger partial charge on any atom is 0.299 e. The standard InChI is InChI=1S/C14H12BrF2NO2/c15-6-14(2-1-3-14)7-18-11-9(12(19)13(18)20)4-8(16)5-10(11)17/h4-5H,1-3,6-7H2. The van der Waals surface area contributed by atoms with Crippen molar-refractivity contribution in [3.05, 3.63) is 29.3 Å². The van der Waals surface area contributed by atoms with Crippen LogP contribution >= 0.6 is 15.9 Å². The summed E-state index contributed by atoms with van der Waals surface area (Å²) in [5.74, 6) is -3.30. The summed E-state index contributed by atoms with van der Waals surface area (Å²) in [4.78, 5) is 25.1. The maximum atomic E-state index is 14.0. The lowest BCUT2D eigenvalue weighted by Gasteiger charge is -2.43. The minimum Gasteiger partial charge on any atom is -0.301 e. The van der Waals surface area contributed by atoms with Crippen LogP contribution in [-0.4, -0.2) is 23.6 Å². The highest BCUT2D eigenvalue weighted by molar-refractivity contribution is 9.09. The van der Waals surface area contributed by atoms with Gasteiger partial charge in [0.05, 0.1) is 11.3 Å². The number of fused-ring (bicyclic) bond motifs is 1. The van der Waals surface area contributed by atoms with Gasteiger partial charge in [-0.15, -0.1) is 0 Å². The molecule has 106 valence electrons. The first-order valence-corrected chi connectivity index (χ1v) is 7.51. The number of hydrogen-bond donors (Lipinski definition) is 0. The number of carbonyl (C=O) groups excluding carboxylic acids is 2. The quantitative estimate of drug-likeness (QED) is 0.624. The molecular formula is C14H12BrF2NO2. The van der Waals surface area contributed by atoms with Crippen LogP contribution in [0.5, 0.6) is 0 Å². The van der Waals surface area contributed by atoms with Crippen LogP contribution in [0.25, 0.3) is 0 Å². The van der Waals surface area contributed by atoms with Crippen molar-refractivity contribution < 1.29 is 18.4 Å². The Labute approximate surface area is 123 Å². The second-order valence-corrected chi connectivity index (χ2v) is 6.05. The van der Waals surface area contributed by atoms with Crippen molar-refractivity contribution in [3.63, 3.8) is 0 Å². The summed E-state index contributed by atoms with van der Waals surface area (Å²) in [5.41, 5.74) is -0.358. The molecule has 1 fully saturated rings. The summed E-state index contributed by atoms with van der Waals surface area (Å²) >= 11 is 3.42. The summed E-state index contributed by atoms with van der Waals surface area (Å²) in [6.07, 6.45) is 2.91. The fraction of sp³-hybridized carbons (Fsp3) is 0.429. The number of anilines is 1. The van der Waals surface area contributed by atoms with Gasteiger partial charge in [0.15, 0.2) is 5.82 Å². The first kappa shape index (κ1) is 13.7. The normalized spacial score (nSPS) is 20.1. The summed E-state index contributed by atoms with van der Waals surface area (Å²) in [6.45, 7) is 0.290. The monoisotopic (exact) mass is 343 g/mol. The van der Waals surface area contributed by atoms with Crippen LogP contribution in [0.4, 0.5) is 14.5 Å². The molecule has 2 aliphatic rings. The molecule has 1 aliphatic heterocycles. The number of Topliss-reactive ketones (excluding diaryl/α,β-unsaturated/α-hetero) is 1. The van der Waals surface area contributed by atoms with Gasteiger partial charge in [-0.2, -0.15) is 0 Å². The van der Waals surface area contributed by atoms with E-state index in [1.807, 2.05) is 0 Å². The molecule has 1 aromatic rings. The number of alkyl halides is 1. The Hall–Kier alpha value is -1.30. The third-order valence-corrected chi connectivity index (χ3v) is 5.36. The third kappa shape index (κ3) is 1.89. The van der Waals surface area contributed by atoms with Crippen LogP contribution in [0.1, 0.15) is 29.6 Å². The average molecular weight is 344 g/mol. The Kier molecular flexibility index (Phi) is 3.16. The van der Waals surface area contributed by atoms with E-state index in [2.05, 4.69) is 15.9 Å². The van der Waals surface area contributed by atoms with E-state index < -0.39 is 23.3 Å². The Morgan fingerprint density at radius 3 is 2.50 bits per heavy atom. The minimum absolute atomic E-state index is 0.0753. The highest BCUT2D eigenvalue weighted by Gasteiger charge is 2.45. The molecular weight excluding hydrogens is 332 g/mol. The van der Waals surface area contributed by atoms with Gasteiger partial charge >= 0.3 is 0 Å². The van der Waals surface area contributed by atoms with E-state index in [0.717, 1.165) is 25.3 Å². The lowest BCUT2D eigenvalue weighted by Crippen LogP contribution is -2.45. The van der Waals surface area contributed by atoms with E-state index in [-0.39, 0.29) is 16.7 Å². The van der Waals surface area contributed by atoms with Crippen molar-refractivity contribution in [1.29, 1.82) is 0 Å². The summed E-state index contributed by atoms with van der Waals surface area (Å²) in [5, 5.41) is 0.691. The first-order chi connectivity index (χ1) is 9.47. The zero-order chi connectivity index (χ0) is 14.5. The van der Waals surface area contributed by atoms with Crippen LogP contribution in [-0.2, 0) is 4.79 Å². The number of carbonyl (C=O) groups is 2. The molecule has 3 rings (SSSR count). The molecule has 0 spiro atoms. The lowest BCUT2D eigenvalue weighted by atomic mass is 9.70. The fourth-order valence-electron chi connectivity index (χ4n) is 2.85. The largest absolute Gasteiger partial charge is 0.301 e. The predicted octanol–water partition coefficient (Wildman–Crippen LogP) is 3.06. The number of rotatable bonds is 3. The van der Waals surface area contributed by atoms with Crippen LogP contribution in [0.3, 0.4) is 0 Å². The van der Waals surface area contributed by atoms with E-state index in [1.165, 1.54) is 4.90 Å². The third-order valence-electron chi connectivity index (χ3n) is 4.17. The highest BCUT2D eigenvalue weighted by Crippen LogP contribution is 2.45. The molecule has 3 nitrogen and oxygen atoms in total. The summed E-state index contributed by atoms with van der Waals surface area (Å²) in [7, 11) is 0. The molecule has 0 bridgehead atoms. The molecule has 0 radical (unpaired) electrons. The maximum absolute atomic E-state index is 14.0. The summed E-state index contributed by atoms with van der Waals surface area (Å²) < 4.78 is 27.2. The van der Waals surface area contributed by atoms with Gasteiger partial charge in [0, 0.05) is 17.9 Å². The SMILES string of the molecule is O=C1C(=O)N(CC2(CBr)CCC2)c2c(F)cc(F)cc21. The number of halogens is 3. The molecule has 0 unspecified atom stereocenters. The predicted molar refractivity (Wildman–Crippen MR) is 73.1 cm³/mol. The van der Waals surface area contributed by atoms with Gasteiger partial charge < -0.3 is 4.90 Å². The number of hydrogen-bond acceptors (Lipinski definition) is 2. The molecule has 1 aromatic carbocycles. The van der Waals surface area contributed by atoms with E-state index >= 15 is 0 Å². The number of amides is 1. The van der Waals surface area contributed by atoms with Crippen LogP contribution < -0.4 is 4.90 Å². The minimum atomic E-state index is -0.858. The van der Waals surface area contributed by atoms with Crippen molar-refractivity contribution in [2.24, 2.45) is 5.41 Å². The molecule has 6 heteroatoms. The van der Waals surface area contributed by atoms with Gasteiger partial charge in [-0.3, -0.25) is 9.59 Å². The van der Waals surface area contributed by atoms with Crippen LogP contribution in [0.2, 0.25) is 0 Å². The van der Waals surface area contributed by atoms with Gasteiger partial charge in [0.2, 0.25) is 0 Å². The lowest BCUT2D eigenvalue weighted by molar-refractivity contribution is -0.114. The van der Waals surface area contributed by atoms with Crippen molar-refractivity contribution in [2.75, 3.05) is 16.8 Å². The van der Waals surface area contributed by atoms with Crippen molar-refractivity contribution >= 4 is 33.3 Å². The molecule has 20 heavy (non-hydrogen) atoms. The van der Waals surface area contributed by atoms with E-state index in [1.54, 1.807) is 0 Å². The van der Waals surface area contributed by atoms with Crippen LogP contribution in [0.15, 0.2) is 12.1 Å². The van der Waals surface area contributed by atoms with Gasteiger partial charge in [-0.25, -0.2) is 8.78 Å². The Balaban J connectivity index is 2.02. The molecule has 0 N–H and O–H groups in total. The Morgan fingerprint density at radius 1 is 1.25 bits per heavy atom. The number of nitrogens with zero attached hydrogens (tertiary/aromatic N) is 1. The summed E-state index contributed by atoms with van der Waals surface area (Å²) in [6, 6.07) is 1.64. The first-order valence-electron chi connectivity index (χ1n) is 6.39. The molecule has 0 aromatic heterocycles. The molecule has 1 amide bonds. The number of ketones is 1. The van der Waals surface area contributed by atoms with Crippen molar-refractivity contribution in [1.82, 2.24) is 0 Å². The Morgan fingerprint density at radius 2 is 1.95 bits per heavy atom. The number of benzene rings is 1. The zero-order valence-corrected chi connectivity index (χ0v) is 12.2. The molecule has 0 saturated heterocycles. The zero-order valence-electron chi connectivity index (χ0n) is 10.6. The van der Waals surface area contributed by atoms with Gasteiger partial charge in [-0.1, -0.05) is 22.4 Å². The molecule has 1 saturated carbocycles.